The van der Waals surface area contributed by atoms with Crippen molar-refractivity contribution in [1.82, 2.24) is 4.98 Å². The number of esters is 1. The monoisotopic (exact) mass is 535 g/mol. The van der Waals surface area contributed by atoms with Crippen LogP contribution in [0.1, 0.15) is 97.2 Å². The van der Waals surface area contributed by atoms with Gasteiger partial charge in [0, 0.05) is 17.7 Å². The highest BCUT2D eigenvalue weighted by Gasteiger charge is 2.68. The minimum absolute atomic E-state index is 0.105. The van der Waals surface area contributed by atoms with E-state index in [1.807, 2.05) is 19.2 Å². The molecule has 2 aliphatic rings. The summed E-state index contributed by atoms with van der Waals surface area (Å²) in [6, 6.07) is 0. The summed E-state index contributed by atoms with van der Waals surface area (Å²) >= 11 is 1.61. The number of aromatic nitrogens is 1. The summed E-state index contributed by atoms with van der Waals surface area (Å²) in [4.78, 5) is 30.4. The molecular formula is C29H45NO6S. The lowest BCUT2D eigenvalue weighted by Crippen LogP contribution is -2.45. The van der Waals surface area contributed by atoms with E-state index >= 15 is 0 Å². The largest absolute Gasteiger partial charge is 0.465 e. The van der Waals surface area contributed by atoms with Crippen LogP contribution in [0.15, 0.2) is 11.0 Å². The van der Waals surface area contributed by atoms with Gasteiger partial charge in [-0.1, -0.05) is 41.0 Å². The van der Waals surface area contributed by atoms with Crippen LogP contribution < -0.4 is 0 Å². The van der Waals surface area contributed by atoms with Crippen LogP contribution in [0, 0.1) is 24.2 Å². The SMILES string of the molecule is CCC[C@@]12CCOC(=O)C[C@H](O)C(C)(C)C(=O)[C@H](C)[C@@H](O)[C@@H](C)CCC[C@@]1(C(C)=Cc1csc(C)n1)O2. The number of hydrogen-bond donors (Lipinski definition) is 2. The lowest BCUT2D eigenvalue weighted by atomic mass is 9.72. The number of aliphatic hydroxyl groups is 2. The lowest BCUT2D eigenvalue weighted by Gasteiger charge is -2.34. The van der Waals surface area contributed by atoms with E-state index in [0.29, 0.717) is 6.42 Å². The van der Waals surface area contributed by atoms with Crippen molar-refractivity contribution in [3.8, 4) is 0 Å². The van der Waals surface area contributed by atoms with E-state index in [1.54, 1.807) is 32.1 Å². The lowest BCUT2D eigenvalue weighted by molar-refractivity contribution is -0.151. The number of fused-ring (bicyclic) bond motifs is 1. The molecule has 7 nitrogen and oxygen atoms in total. The number of rotatable bonds is 4. The van der Waals surface area contributed by atoms with Crippen molar-refractivity contribution < 1.29 is 29.3 Å². The first kappa shape index (κ1) is 29.9. The molecule has 0 unspecified atom stereocenters. The van der Waals surface area contributed by atoms with Crippen molar-refractivity contribution in [3.63, 3.8) is 0 Å². The first-order valence-electron chi connectivity index (χ1n) is 13.7. The Labute approximate surface area is 225 Å². The molecule has 0 aliphatic carbocycles. The molecule has 0 bridgehead atoms. The standard InChI is InChI=1S/C29H45NO6S/c1-8-11-28-13-14-35-24(32)16-23(31)27(6,7)26(34)20(4)25(33)18(2)10-9-12-29(28,36-28)19(3)15-22-17-37-21(5)30-22/h15,17-18,20,23,25,31,33H,8-14,16H2,1-7H3/t18-,20+,23-,25-,28+,29-/m0/s1. The third-order valence-corrected chi connectivity index (χ3v) is 9.44. The Morgan fingerprint density at radius 3 is 2.57 bits per heavy atom. The Bertz CT molecular complexity index is 1000. The number of thiazole rings is 1. The molecule has 2 N–H and O–H groups in total. The second kappa shape index (κ2) is 11.6. The van der Waals surface area contributed by atoms with Crippen LogP contribution >= 0.6 is 11.3 Å². The van der Waals surface area contributed by atoms with Crippen LogP contribution in [-0.2, 0) is 19.1 Å². The van der Waals surface area contributed by atoms with Gasteiger partial charge in [0.05, 0.1) is 41.4 Å². The summed E-state index contributed by atoms with van der Waals surface area (Å²) in [5.41, 5.74) is -0.0791. The maximum atomic E-state index is 13.2. The quantitative estimate of drug-likeness (QED) is 0.400. The summed E-state index contributed by atoms with van der Waals surface area (Å²) in [5.74, 6) is -1.55. The average Bonchev–Trinajstić information content (AvgIpc) is 3.27. The average molecular weight is 536 g/mol. The molecule has 2 saturated heterocycles. The van der Waals surface area contributed by atoms with Gasteiger partial charge < -0.3 is 19.7 Å². The molecule has 0 spiro atoms. The molecule has 8 heteroatoms. The second-order valence-corrected chi connectivity index (χ2v) is 12.8. The molecule has 1 aromatic heterocycles. The number of ether oxygens (including phenoxy) is 2. The number of Topliss-reactive ketones (excluding diaryl/α,β-unsaturated/α-hetero) is 1. The number of ketones is 1. The van der Waals surface area contributed by atoms with E-state index in [2.05, 4.69) is 24.9 Å². The molecule has 6 atom stereocenters. The Morgan fingerprint density at radius 1 is 1.24 bits per heavy atom. The Morgan fingerprint density at radius 2 is 1.95 bits per heavy atom. The number of aryl methyl sites for hydroxylation is 1. The summed E-state index contributed by atoms with van der Waals surface area (Å²) in [6.45, 7) is 13.3. The van der Waals surface area contributed by atoms with Crippen molar-refractivity contribution in [2.24, 2.45) is 17.3 Å². The predicted molar refractivity (Wildman–Crippen MR) is 145 cm³/mol. The first-order valence-corrected chi connectivity index (χ1v) is 14.5. The Kier molecular flexibility index (Phi) is 9.42. The van der Waals surface area contributed by atoms with Gasteiger partial charge in [-0.2, -0.15) is 0 Å². The zero-order chi connectivity index (χ0) is 27.6. The van der Waals surface area contributed by atoms with Crippen LogP contribution in [-0.4, -0.2) is 57.0 Å². The van der Waals surface area contributed by atoms with Crippen LogP contribution in [0.4, 0.5) is 0 Å². The fourth-order valence-corrected chi connectivity index (χ4v) is 6.66. The molecule has 208 valence electrons. The van der Waals surface area contributed by atoms with Gasteiger partial charge in [-0.25, -0.2) is 4.98 Å². The van der Waals surface area contributed by atoms with Crippen molar-refractivity contribution >= 4 is 29.2 Å². The van der Waals surface area contributed by atoms with Gasteiger partial charge in [0.2, 0.25) is 0 Å². The van der Waals surface area contributed by atoms with E-state index in [4.69, 9.17) is 9.47 Å². The number of carbonyl (C=O) groups is 2. The number of epoxide rings is 1. The molecule has 0 radical (unpaired) electrons. The Balaban J connectivity index is 1.91. The first-order chi connectivity index (χ1) is 17.3. The highest BCUT2D eigenvalue weighted by molar-refractivity contribution is 7.09. The van der Waals surface area contributed by atoms with Gasteiger partial charge in [-0.05, 0) is 57.1 Å². The van der Waals surface area contributed by atoms with Gasteiger partial charge in [0.15, 0.2) is 0 Å². The van der Waals surface area contributed by atoms with Gasteiger partial charge in [0.25, 0.3) is 0 Å². The normalized spacial score (nSPS) is 36.1. The van der Waals surface area contributed by atoms with Crippen molar-refractivity contribution in [2.75, 3.05) is 6.61 Å². The number of carbonyl (C=O) groups excluding carboxylic acids is 2. The topological polar surface area (TPSA) is 109 Å². The minimum atomic E-state index is -1.20. The van der Waals surface area contributed by atoms with E-state index < -0.39 is 40.7 Å². The fourth-order valence-electron chi connectivity index (χ4n) is 6.09. The number of hydrogen-bond acceptors (Lipinski definition) is 8. The van der Waals surface area contributed by atoms with E-state index in [0.717, 1.165) is 48.4 Å². The number of cyclic esters (lactones) is 1. The van der Waals surface area contributed by atoms with E-state index in [-0.39, 0.29) is 24.7 Å². The van der Waals surface area contributed by atoms with Crippen LogP contribution in [0.2, 0.25) is 0 Å². The third-order valence-electron chi connectivity index (χ3n) is 8.65. The van der Waals surface area contributed by atoms with Gasteiger partial charge >= 0.3 is 5.97 Å². The molecule has 2 aliphatic heterocycles. The summed E-state index contributed by atoms with van der Waals surface area (Å²) in [7, 11) is 0. The third kappa shape index (κ3) is 6.18. The smallest absolute Gasteiger partial charge is 0.308 e. The van der Waals surface area contributed by atoms with Gasteiger partial charge in [-0.15, -0.1) is 11.3 Å². The molecule has 37 heavy (non-hydrogen) atoms. The highest BCUT2D eigenvalue weighted by atomic mass is 32.1. The predicted octanol–water partition coefficient (Wildman–Crippen LogP) is 5.26. The fraction of sp³-hybridized carbons (Fsp3) is 0.759. The van der Waals surface area contributed by atoms with E-state index in [1.165, 1.54) is 0 Å². The van der Waals surface area contributed by atoms with Gasteiger partial charge in [0.1, 0.15) is 17.0 Å². The zero-order valence-electron chi connectivity index (χ0n) is 23.5. The maximum Gasteiger partial charge on any atom is 0.308 e. The van der Waals surface area contributed by atoms with E-state index in [9.17, 15) is 19.8 Å². The highest BCUT2D eigenvalue weighted by Crippen LogP contribution is 2.60. The van der Waals surface area contributed by atoms with Crippen LogP contribution in [0.3, 0.4) is 0 Å². The molecule has 1 aromatic rings. The molecule has 0 amide bonds. The number of nitrogens with zero attached hydrogens (tertiary/aromatic N) is 1. The zero-order valence-corrected chi connectivity index (χ0v) is 24.3. The molecule has 3 rings (SSSR count). The van der Waals surface area contributed by atoms with Crippen LogP contribution in [0.5, 0.6) is 0 Å². The maximum absolute atomic E-state index is 13.2. The molecular weight excluding hydrogens is 490 g/mol. The van der Waals surface area contributed by atoms with Crippen molar-refractivity contribution in [1.29, 1.82) is 0 Å². The molecule has 2 fully saturated rings. The van der Waals surface area contributed by atoms with Crippen molar-refractivity contribution in [2.45, 2.75) is 117 Å². The summed E-state index contributed by atoms with van der Waals surface area (Å²) in [5, 5.41) is 24.9. The number of aliphatic hydroxyl groups excluding tert-OH is 2. The summed E-state index contributed by atoms with van der Waals surface area (Å²) < 4.78 is 12.2. The second-order valence-electron chi connectivity index (χ2n) is 11.7. The summed E-state index contributed by atoms with van der Waals surface area (Å²) in [6.07, 6.45) is 4.45. The van der Waals surface area contributed by atoms with Crippen molar-refractivity contribution in [3.05, 3.63) is 21.7 Å². The van der Waals surface area contributed by atoms with Crippen LogP contribution in [0.25, 0.3) is 6.08 Å². The van der Waals surface area contributed by atoms with Gasteiger partial charge in [-0.3, -0.25) is 9.59 Å². The minimum Gasteiger partial charge on any atom is -0.465 e. The molecule has 0 aromatic carbocycles. The molecule has 3 heterocycles. The molecule has 0 saturated carbocycles. The Hall–Kier alpha value is -1.61.